The summed E-state index contributed by atoms with van der Waals surface area (Å²) >= 11 is 1.86. The number of thioether (sulfide) groups is 1. The molecule has 0 fully saturated rings. The van der Waals surface area contributed by atoms with Gasteiger partial charge in [0, 0.05) is 24.5 Å². The van der Waals surface area contributed by atoms with Crippen LogP contribution in [0.3, 0.4) is 0 Å². The predicted octanol–water partition coefficient (Wildman–Crippen LogP) is 1.37. The van der Waals surface area contributed by atoms with E-state index in [1.807, 2.05) is 11.8 Å². The zero-order chi connectivity index (χ0) is 8.16. The van der Waals surface area contributed by atoms with Crippen LogP contribution in [0.5, 0.6) is 0 Å². The molecular weight excluding hydrogens is 158 g/mol. The second-order valence-electron chi connectivity index (χ2n) is 2.98. The molecule has 1 unspecified atom stereocenters. The largest absolute Gasteiger partial charge is 0.494 e. The molecule has 0 radical (unpaired) electrons. The maximum Gasteiger partial charge on any atom is 0.118 e. The Morgan fingerprint density at radius 2 is 2.55 bits per heavy atom. The average Bonchev–Trinajstić information content (AvgIpc) is 2.38. The fraction of sp³-hybridized carbons (Fsp3) is 0.750. The Hall–Kier alpha value is -0.150. The molecule has 0 bridgehead atoms. The lowest BCUT2D eigenvalue weighted by Gasteiger charge is -2.22. The van der Waals surface area contributed by atoms with Gasteiger partial charge in [-0.2, -0.15) is 11.8 Å². The van der Waals surface area contributed by atoms with Crippen LogP contribution in [-0.4, -0.2) is 23.7 Å². The monoisotopic (exact) mass is 173 g/mol. The Morgan fingerprint density at radius 1 is 1.73 bits per heavy atom. The molecule has 1 aliphatic rings. The number of ether oxygens (including phenoxy) is 1. The van der Waals surface area contributed by atoms with E-state index < -0.39 is 0 Å². The molecule has 1 rings (SSSR count). The summed E-state index contributed by atoms with van der Waals surface area (Å²) in [6.07, 6.45) is 4.90. The lowest BCUT2D eigenvalue weighted by molar-refractivity contribution is 0.0877. The molecule has 0 aromatic carbocycles. The first-order chi connectivity index (χ1) is 5.27. The molecule has 0 spiro atoms. The van der Waals surface area contributed by atoms with Gasteiger partial charge in [-0.05, 0) is 13.0 Å². The molecular formula is C8H15NOS. The van der Waals surface area contributed by atoms with E-state index in [0.29, 0.717) is 0 Å². The highest BCUT2D eigenvalue weighted by Gasteiger charge is 2.26. The summed E-state index contributed by atoms with van der Waals surface area (Å²) in [6, 6.07) is 0. The van der Waals surface area contributed by atoms with Gasteiger partial charge >= 0.3 is 0 Å². The van der Waals surface area contributed by atoms with Crippen molar-refractivity contribution in [3.8, 4) is 0 Å². The van der Waals surface area contributed by atoms with Crippen LogP contribution < -0.4 is 5.73 Å². The maximum absolute atomic E-state index is 5.44. The van der Waals surface area contributed by atoms with Crippen molar-refractivity contribution in [2.24, 2.45) is 5.73 Å². The Morgan fingerprint density at radius 3 is 3.09 bits per heavy atom. The smallest absolute Gasteiger partial charge is 0.118 e. The minimum Gasteiger partial charge on any atom is -0.494 e. The van der Waals surface area contributed by atoms with E-state index in [1.165, 1.54) is 0 Å². The van der Waals surface area contributed by atoms with E-state index in [1.54, 1.807) is 6.26 Å². The third kappa shape index (κ3) is 2.75. The minimum atomic E-state index is 0.0415. The lowest BCUT2D eigenvalue weighted by Crippen LogP contribution is -2.26. The van der Waals surface area contributed by atoms with Crippen LogP contribution in [0.2, 0.25) is 0 Å². The quantitative estimate of drug-likeness (QED) is 0.652. The van der Waals surface area contributed by atoms with Gasteiger partial charge in [0.25, 0.3) is 0 Å². The molecule has 0 aliphatic carbocycles. The topological polar surface area (TPSA) is 35.2 Å². The van der Waals surface area contributed by atoms with E-state index >= 15 is 0 Å². The van der Waals surface area contributed by atoms with E-state index in [9.17, 15) is 0 Å². The summed E-state index contributed by atoms with van der Waals surface area (Å²) in [7, 11) is 0. The molecule has 3 heteroatoms. The van der Waals surface area contributed by atoms with Gasteiger partial charge in [0.1, 0.15) is 5.60 Å². The summed E-state index contributed by atoms with van der Waals surface area (Å²) in [5, 5.41) is 0. The van der Waals surface area contributed by atoms with Crippen molar-refractivity contribution in [1.29, 1.82) is 0 Å². The Balaban J connectivity index is 2.14. The lowest BCUT2D eigenvalue weighted by atomic mass is 10.1. The normalized spacial score (nSPS) is 28.9. The SMILES string of the molecule is CC1(CSCCN)CC=CO1. The van der Waals surface area contributed by atoms with Gasteiger partial charge in [0.15, 0.2) is 0 Å². The van der Waals surface area contributed by atoms with Gasteiger partial charge in [0.05, 0.1) is 6.26 Å². The maximum atomic E-state index is 5.44. The molecule has 2 N–H and O–H groups in total. The van der Waals surface area contributed by atoms with Gasteiger partial charge in [-0.15, -0.1) is 0 Å². The van der Waals surface area contributed by atoms with E-state index in [4.69, 9.17) is 10.5 Å². The second-order valence-corrected chi connectivity index (χ2v) is 4.09. The zero-order valence-electron chi connectivity index (χ0n) is 6.88. The molecule has 11 heavy (non-hydrogen) atoms. The Labute approximate surface area is 72.2 Å². The fourth-order valence-electron chi connectivity index (χ4n) is 1.02. The third-order valence-corrected chi connectivity index (χ3v) is 3.01. The van der Waals surface area contributed by atoms with Gasteiger partial charge < -0.3 is 10.5 Å². The van der Waals surface area contributed by atoms with Gasteiger partial charge in [-0.25, -0.2) is 0 Å². The molecule has 1 atom stereocenters. The van der Waals surface area contributed by atoms with Crippen LogP contribution in [0.15, 0.2) is 12.3 Å². The van der Waals surface area contributed by atoms with Crippen molar-refractivity contribution in [2.45, 2.75) is 18.9 Å². The summed E-state index contributed by atoms with van der Waals surface area (Å²) in [5.74, 6) is 2.07. The standard InChI is InChI=1S/C8H15NOS/c1-8(3-2-5-10-8)7-11-6-4-9/h2,5H,3-4,6-7,9H2,1H3. The van der Waals surface area contributed by atoms with E-state index in [0.717, 1.165) is 24.5 Å². The molecule has 0 amide bonds. The van der Waals surface area contributed by atoms with E-state index in [-0.39, 0.29) is 5.60 Å². The third-order valence-electron chi connectivity index (χ3n) is 1.67. The van der Waals surface area contributed by atoms with Crippen LogP contribution >= 0.6 is 11.8 Å². The number of nitrogens with two attached hydrogens (primary N) is 1. The van der Waals surface area contributed by atoms with Crippen LogP contribution in [0.25, 0.3) is 0 Å². The predicted molar refractivity (Wildman–Crippen MR) is 49.6 cm³/mol. The highest BCUT2D eigenvalue weighted by molar-refractivity contribution is 7.99. The van der Waals surface area contributed by atoms with Gasteiger partial charge in [-0.1, -0.05) is 0 Å². The van der Waals surface area contributed by atoms with Crippen molar-refractivity contribution < 1.29 is 4.74 Å². The highest BCUT2D eigenvalue weighted by Crippen LogP contribution is 2.26. The zero-order valence-corrected chi connectivity index (χ0v) is 7.69. The van der Waals surface area contributed by atoms with Crippen molar-refractivity contribution in [2.75, 3.05) is 18.1 Å². The van der Waals surface area contributed by atoms with Crippen molar-refractivity contribution in [3.63, 3.8) is 0 Å². The second kappa shape index (κ2) is 4.02. The van der Waals surface area contributed by atoms with Crippen LogP contribution in [-0.2, 0) is 4.74 Å². The molecule has 2 nitrogen and oxygen atoms in total. The molecule has 0 saturated heterocycles. The highest BCUT2D eigenvalue weighted by atomic mass is 32.2. The summed E-state index contributed by atoms with van der Waals surface area (Å²) < 4.78 is 5.44. The van der Waals surface area contributed by atoms with E-state index in [2.05, 4.69) is 13.0 Å². The molecule has 1 heterocycles. The van der Waals surface area contributed by atoms with Gasteiger partial charge in [-0.3, -0.25) is 0 Å². The van der Waals surface area contributed by atoms with Crippen molar-refractivity contribution in [1.82, 2.24) is 0 Å². The first-order valence-corrected chi connectivity index (χ1v) is 5.03. The number of hydrogen-bond donors (Lipinski definition) is 1. The molecule has 0 aromatic rings. The summed E-state index contributed by atoms with van der Waals surface area (Å²) in [5.41, 5.74) is 5.42. The Bertz CT molecular complexity index is 139. The molecule has 0 saturated carbocycles. The first kappa shape index (κ1) is 8.94. The van der Waals surface area contributed by atoms with Crippen LogP contribution in [0.4, 0.5) is 0 Å². The first-order valence-electron chi connectivity index (χ1n) is 3.87. The van der Waals surface area contributed by atoms with Crippen LogP contribution in [0.1, 0.15) is 13.3 Å². The van der Waals surface area contributed by atoms with Crippen LogP contribution in [0, 0.1) is 0 Å². The Kier molecular flexibility index (Phi) is 3.27. The van der Waals surface area contributed by atoms with Crippen molar-refractivity contribution >= 4 is 11.8 Å². The van der Waals surface area contributed by atoms with Gasteiger partial charge in [0.2, 0.25) is 0 Å². The molecule has 1 aliphatic heterocycles. The minimum absolute atomic E-state index is 0.0415. The van der Waals surface area contributed by atoms with Crippen molar-refractivity contribution in [3.05, 3.63) is 12.3 Å². The fourth-order valence-corrected chi connectivity index (χ4v) is 1.95. The molecule has 0 aromatic heterocycles. The number of rotatable bonds is 4. The summed E-state index contributed by atoms with van der Waals surface area (Å²) in [6.45, 7) is 2.89. The summed E-state index contributed by atoms with van der Waals surface area (Å²) in [4.78, 5) is 0. The molecule has 64 valence electrons. The number of hydrogen-bond acceptors (Lipinski definition) is 3. The average molecular weight is 173 g/mol.